The SMILES string of the molecule is CCC/C=C/C1CC(=O)c2c(OC)cc(CO)c(C(=O)O)c2O1. The third-order valence-electron chi connectivity index (χ3n) is 3.67. The van der Waals surface area contributed by atoms with E-state index < -0.39 is 18.7 Å². The molecule has 1 aromatic rings. The quantitative estimate of drug-likeness (QED) is 0.783. The molecule has 0 amide bonds. The first-order valence-electron chi connectivity index (χ1n) is 7.48. The number of carboxylic acids is 1. The number of fused-ring (bicyclic) bond motifs is 1. The Morgan fingerprint density at radius 1 is 1.52 bits per heavy atom. The minimum Gasteiger partial charge on any atom is -0.496 e. The van der Waals surface area contributed by atoms with Crippen LogP contribution in [-0.2, 0) is 6.61 Å². The lowest BCUT2D eigenvalue weighted by molar-refractivity contribution is 0.0683. The van der Waals surface area contributed by atoms with E-state index >= 15 is 0 Å². The number of methoxy groups -OCH3 is 1. The van der Waals surface area contributed by atoms with Crippen molar-refractivity contribution in [3.8, 4) is 11.5 Å². The van der Waals surface area contributed by atoms with Gasteiger partial charge in [0.2, 0.25) is 0 Å². The summed E-state index contributed by atoms with van der Waals surface area (Å²) < 4.78 is 10.9. The van der Waals surface area contributed by atoms with E-state index in [0.29, 0.717) is 0 Å². The first-order chi connectivity index (χ1) is 11.0. The number of carbonyl (C=O) groups excluding carboxylic acids is 1. The molecule has 1 unspecified atom stereocenters. The highest BCUT2D eigenvalue weighted by Gasteiger charge is 2.34. The number of rotatable bonds is 6. The Hall–Kier alpha value is -2.34. The predicted octanol–water partition coefficient (Wildman–Crippen LogP) is 2.58. The molecular weight excluding hydrogens is 300 g/mol. The molecule has 124 valence electrons. The molecule has 0 spiro atoms. The summed E-state index contributed by atoms with van der Waals surface area (Å²) in [6.07, 6.45) is 5.12. The normalized spacial score (nSPS) is 17.0. The number of hydrogen-bond donors (Lipinski definition) is 2. The van der Waals surface area contributed by atoms with Gasteiger partial charge in [-0.25, -0.2) is 4.79 Å². The molecule has 2 rings (SSSR count). The van der Waals surface area contributed by atoms with Crippen LogP contribution in [0.2, 0.25) is 0 Å². The Balaban J connectivity index is 2.55. The van der Waals surface area contributed by atoms with Crippen molar-refractivity contribution in [2.75, 3.05) is 7.11 Å². The van der Waals surface area contributed by atoms with Crippen LogP contribution in [-0.4, -0.2) is 35.2 Å². The van der Waals surface area contributed by atoms with E-state index in [2.05, 4.69) is 0 Å². The van der Waals surface area contributed by atoms with Crippen molar-refractivity contribution in [1.82, 2.24) is 0 Å². The van der Waals surface area contributed by atoms with Gasteiger partial charge in [0.15, 0.2) is 5.78 Å². The van der Waals surface area contributed by atoms with Crippen molar-refractivity contribution in [2.45, 2.75) is 38.9 Å². The third kappa shape index (κ3) is 3.37. The van der Waals surface area contributed by atoms with Crippen LogP contribution < -0.4 is 9.47 Å². The summed E-state index contributed by atoms with van der Waals surface area (Å²) in [7, 11) is 1.39. The number of benzene rings is 1. The highest BCUT2D eigenvalue weighted by Crippen LogP contribution is 2.40. The van der Waals surface area contributed by atoms with Gasteiger partial charge in [0, 0.05) is 0 Å². The van der Waals surface area contributed by atoms with Gasteiger partial charge in [-0.2, -0.15) is 0 Å². The van der Waals surface area contributed by atoms with Gasteiger partial charge in [-0.3, -0.25) is 4.79 Å². The van der Waals surface area contributed by atoms with Crippen molar-refractivity contribution >= 4 is 11.8 Å². The topological polar surface area (TPSA) is 93.1 Å². The maximum Gasteiger partial charge on any atom is 0.339 e. The molecule has 0 saturated carbocycles. The van der Waals surface area contributed by atoms with Crippen molar-refractivity contribution < 1.29 is 29.3 Å². The standard InChI is InChI=1S/C17H20O6/c1-3-4-5-6-11-8-12(19)15-13(22-2)7-10(9-18)14(17(20)21)16(15)23-11/h5-7,11,18H,3-4,8-9H2,1-2H3,(H,20,21)/b6-5+. The zero-order valence-corrected chi connectivity index (χ0v) is 13.2. The molecule has 1 aliphatic rings. The van der Waals surface area contributed by atoms with E-state index in [1.807, 2.05) is 13.0 Å². The van der Waals surface area contributed by atoms with Gasteiger partial charge in [0.05, 0.1) is 20.1 Å². The van der Waals surface area contributed by atoms with Gasteiger partial charge in [-0.15, -0.1) is 0 Å². The van der Waals surface area contributed by atoms with Crippen LogP contribution in [0, 0.1) is 0 Å². The Kier molecular flexibility index (Phi) is 5.39. The van der Waals surface area contributed by atoms with Gasteiger partial charge in [-0.05, 0) is 24.1 Å². The molecule has 0 bridgehead atoms. The lowest BCUT2D eigenvalue weighted by atomic mass is 9.93. The Morgan fingerprint density at radius 3 is 2.83 bits per heavy atom. The number of Topliss-reactive ketones (excluding diaryl/α,β-unsaturated/α-hetero) is 1. The molecule has 0 fully saturated rings. The number of ether oxygens (including phenoxy) is 2. The summed E-state index contributed by atoms with van der Waals surface area (Å²) in [4.78, 5) is 24.0. The maximum absolute atomic E-state index is 12.4. The molecule has 1 aliphatic heterocycles. The number of hydrogen-bond acceptors (Lipinski definition) is 5. The number of unbranched alkanes of at least 4 members (excludes halogenated alkanes) is 1. The van der Waals surface area contributed by atoms with Crippen molar-refractivity contribution in [3.05, 3.63) is 34.9 Å². The average molecular weight is 320 g/mol. The van der Waals surface area contributed by atoms with Gasteiger partial charge in [0.25, 0.3) is 0 Å². The Labute approximate surface area is 134 Å². The zero-order chi connectivity index (χ0) is 17.0. The molecule has 6 heteroatoms. The number of aliphatic hydroxyl groups excluding tert-OH is 1. The van der Waals surface area contributed by atoms with Crippen LogP contribution in [0.25, 0.3) is 0 Å². The van der Waals surface area contributed by atoms with Crippen molar-refractivity contribution in [1.29, 1.82) is 0 Å². The molecule has 0 aliphatic carbocycles. The fraction of sp³-hybridized carbons (Fsp3) is 0.412. The summed E-state index contributed by atoms with van der Waals surface area (Å²) in [5.41, 5.74) is 0.0894. The second-order valence-electron chi connectivity index (χ2n) is 5.28. The number of aliphatic hydroxyl groups is 1. The van der Waals surface area contributed by atoms with Crippen LogP contribution in [0.4, 0.5) is 0 Å². The van der Waals surface area contributed by atoms with Crippen molar-refractivity contribution in [2.24, 2.45) is 0 Å². The predicted molar refractivity (Wildman–Crippen MR) is 83.3 cm³/mol. The zero-order valence-electron chi connectivity index (χ0n) is 13.2. The highest BCUT2D eigenvalue weighted by molar-refractivity contribution is 6.07. The molecule has 23 heavy (non-hydrogen) atoms. The average Bonchev–Trinajstić information content (AvgIpc) is 2.52. The van der Waals surface area contributed by atoms with Crippen LogP contribution in [0.3, 0.4) is 0 Å². The minimum atomic E-state index is -1.25. The first-order valence-corrected chi connectivity index (χ1v) is 7.48. The Morgan fingerprint density at radius 2 is 2.26 bits per heavy atom. The summed E-state index contributed by atoms with van der Waals surface area (Å²) in [6, 6.07) is 1.37. The van der Waals surface area contributed by atoms with Gasteiger partial charge in [0.1, 0.15) is 28.7 Å². The minimum absolute atomic E-state index is 0.0247. The summed E-state index contributed by atoms with van der Waals surface area (Å²) >= 11 is 0. The van der Waals surface area contributed by atoms with E-state index in [4.69, 9.17) is 9.47 Å². The van der Waals surface area contributed by atoms with E-state index in [0.717, 1.165) is 12.8 Å². The molecule has 1 atom stereocenters. The second kappa shape index (κ2) is 7.28. The summed E-state index contributed by atoms with van der Waals surface area (Å²) in [5.74, 6) is -1.29. The third-order valence-corrected chi connectivity index (χ3v) is 3.67. The fourth-order valence-electron chi connectivity index (χ4n) is 2.59. The maximum atomic E-state index is 12.4. The van der Waals surface area contributed by atoms with Crippen LogP contribution in [0.5, 0.6) is 11.5 Å². The fourth-order valence-corrected chi connectivity index (χ4v) is 2.59. The number of allylic oxidation sites excluding steroid dienone is 1. The number of ketones is 1. The number of aromatic carboxylic acids is 1. The van der Waals surface area contributed by atoms with Gasteiger partial charge >= 0.3 is 5.97 Å². The molecule has 0 radical (unpaired) electrons. The first kappa shape index (κ1) is 17.0. The smallest absolute Gasteiger partial charge is 0.339 e. The molecule has 2 N–H and O–H groups in total. The van der Waals surface area contributed by atoms with Crippen LogP contribution in [0.1, 0.15) is 52.5 Å². The largest absolute Gasteiger partial charge is 0.496 e. The van der Waals surface area contributed by atoms with Crippen molar-refractivity contribution in [3.63, 3.8) is 0 Å². The monoisotopic (exact) mass is 320 g/mol. The lowest BCUT2D eigenvalue weighted by Crippen LogP contribution is -2.28. The van der Waals surface area contributed by atoms with E-state index in [-0.39, 0.29) is 40.4 Å². The van der Waals surface area contributed by atoms with Gasteiger partial charge in [-0.1, -0.05) is 19.4 Å². The van der Waals surface area contributed by atoms with Crippen LogP contribution >= 0.6 is 0 Å². The summed E-state index contributed by atoms with van der Waals surface area (Å²) in [5, 5.41) is 18.9. The lowest BCUT2D eigenvalue weighted by Gasteiger charge is -2.27. The van der Waals surface area contributed by atoms with Crippen LogP contribution in [0.15, 0.2) is 18.2 Å². The molecule has 0 saturated heterocycles. The summed E-state index contributed by atoms with van der Waals surface area (Å²) in [6.45, 7) is 1.55. The van der Waals surface area contributed by atoms with E-state index in [1.54, 1.807) is 6.08 Å². The number of carboxylic acid groups (broad SMARTS) is 1. The second-order valence-corrected chi connectivity index (χ2v) is 5.28. The van der Waals surface area contributed by atoms with E-state index in [1.165, 1.54) is 13.2 Å². The molecule has 1 heterocycles. The molecule has 1 aromatic carbocycles. The Bertz CT molecular complexity index is 625. The molecular formula is C17H20O6. The molecule has 0 aromatic heterocycles. The van der Waals surface area contributed by atoms with Gasteiger partial charge < -0.3 is 19.7 Å². The number of carbonyl (C=O) groups is 2. The van der Waals surface area contributed by atoms with E-state index in [9.17, 15) is 19.8 Å². The highest BCUT2D eigenvalue weighted by atomic mass is 16.5. The molecule has 6 nitrogen and oxygen atoms in total.